The summed E-state index contributed by atoms with van der Waals surface area (Å²) in [6.45, 7) is 12.9. The van der Waals surface area contributed by atoms with Gasteiger partial charge < -0.3 is 5.32 Å². The quantitative estimate of drug-likeness (QED) is 0.780. The molecule has 0 heterocycles. The third kappa shape index (κ3) is 5.71. The van der Waals surface area contributed by atoms with Crippen molar-refractivity contribution in [2.75, 3.05) is 11.9 Å². The Hall–Kier alpha value is -1.07. The molecule has 1 aromatic rings. The molecule has 1 aliphatic rings. The summed E-state index contributed by atoms with van der Waals surface area (Å²) in [7, 11) is -3.25. The first-order chi connectivity index (χ1) is 11.9. The van der Waals surface area contributed by atoms with E-state index >= 15 is 0 Å². The van der Waals surface area contributed by atoms with Gasteiger partial charge in [-0.2, -0.15) is 0 Å². The lowest BCUT2D eigenvalue weighted by Crippen LogP contribution is -2.46. The summed E-state index contributed by atoms with van der Waals surface area (Å²) in [4.78, 5) is 0. The van der Waals surface area contributed by atoms with Crippen LogP contribution in [0.15, 0.2) is 24.3 Å². The summed E-state index contributed by atoms with van der Waals surface area (Å²) in [6.07, 6.45) is 3.96. The Labute approximate surface area is 160 Å². The van der Waals surface area contributed by atoms with Crippen LogP contribution in [0, 0.1) is 5.92 Å². The van der Waals surface area contributed by atoms with Gasteiger partial charge in [0, 0.05) is 18.3 Å². The van der Waals surface area contributed by atoms with Crippen LogP contribution in [0.25, 0.3) is 0 Å². The topological polar surface area (TPSA) is 58.2 Å². The largest absolute Gasteiger partial charge is 0.385 e. The summed E-state index contributed by atoms with van der Waals surface area (Å²) in [5.74, 6) is 0.604. The summed E-state index contributed by atoms with van der Waals surface area (Å²) < 4.78 is 26.7. The van der Waals surface area contributed by atoms with Gasteiger partial charge in [0.25, 0.3) is 0 Å². The molecule has 0 atom stereocenters. The molecule has 0 bridgehead atoms. The molecule has 0 saturated heterocycles. The van der Waals surface area contributed by atoms with Crippen LogP contribution in [0.1, 0.15) is 72.8 Å². The predicted octanol–water partition coefficient (Wildman–Crippen LogP) is 4.67. The van der Waals surface area contributed by atoms with Gasteiger partial charge in [0.05, 0.1) is 4.75 Å². The average molecular weight is 381 g/mol. The van der Waals surface area contributed by atoms with E-state index in [0.29, 0.717) is 5.92 Å². The highest BCUT2D eigenvalue weighted by molar-refractivity contribution is 7.90. The first kappa shape index (κ1) is 21.2. The third-order valence-electron chi connectivity index (χ3n) is 5.32. The molecule has 0 spiro atoms. The lowest BCUT2D eigenvalue weighted by Gasteiger charge is -2.31. The zero-order chi connectivity index (χ0) is 19.6. The maximum Gasteiger partial charge on any atom is 0.216 e. The normalized spacial score (nSPS) is 22.2. The van der Waals surface area contributed by atoms with Gasteiger partial charge in [0.15, 0.2) is 0 Å². The number of sulfonamides is 1. The van der Waals surface area contributed by atoms with Crippen molar-refractivity contribution in [3.05, 3.63) is 29.8 Å². The lowest BCUT2D eigenvalue weighted by atomic mass is 9.86. The molecule has 0 aromatic heterocycles. The molecule has 1 saturated carbocycles. The number of nitrogens with one attached hydrogen (secondary N) is 2. The maximum atomic E-state index is 12.3. The van der Waals surface area contributed by atoms with Gasteiger partial charge in [-0.3, -0.25) is 0 Å². The minimum Gasteiger partial charge on any atom is -0.385 e. The number of anilines is 1. The Morgan fingerprint density at radius 2 is 1.46 bits per heavy atom. The lowest BCUT2D eigenvalue weighted by molar-refractivity contribution is 0.322. The van der Waals surface area contributed by atoms with Crippen LogP contribution in [0.2, 0.25) is 0 Å². The Bertz CT molecular complexity index is 674. The van der Waals surface area contributed by atoms with Crippen LogP contribution in [0.4, 0.5) is 5.69 Å². The van der Waals surface area contributed by atoms with Crippen molar-refractivity contribution in [1.82, 2.24) is 4.72 Å². The standard InChI is InChI=1S/C21H36N2O2S/c1-20(2,3)17-9-13-18(14-10-17)22-15-16-7-11-19(12-8-16)23-26(24,25)21(4,5)6/h9-10,13-14,16,19,22-23H,7-8,11-12,15H2,1-6H3. The van der Waals surface area contributed by atoms with Gasteiger partial charge in [-0.25, -0.2) is 13.1 Å². The van der Waals surface area contributed by atoms with Crippen molar-refractivity contribution in [3.8, 4) is 0 Å². The molecule has 5 heteroatoms. The van der Waals surface area contributed by atoms with Crippen molar-refractivity contribution < 1.29 is 8.42 Å². The van der Waals surface area contributed by atoms with Crippen LogP contribution >= 0.6 is 0 Å². The van der Waals surface area contributed by atoms with Gasteiger partial charge in [0.1, 0.15) is 0 Å². The van der Waals surface area contributed by atoms with E-state index < -0.39 is 14.8 Å². The van der Waals surface area contributed by atoms with Crippen LogP contribution < -0.4 is 10.0 Å². The van der Waals surface area contributed by atoms with Crippen molar-refractivity contribution in [2.24, 2.45) is 5.92 Å². The maximum absolute atomic E-state index is 12.3. The highest BCUT2D eigenvalue weighted by atomic mass is 32.2. The predicted molar refractivity (Wildman–Crippen MR) is 111 cm³/mol. The minimum atomic E-state index is -3.25. The van der Waals surface area contributed by atoms with Gasteiger partial charge in [-0.05, 0) is 75.5 Å². The number of hydrogen-bond donors (Lipinski definition) is 2. The molecular weight excluding hydrogens is 344 g/mol. The number of hydrogen-bond acceptors (Lipinski definition) is 3. The molecule has 1 fully saturated rings. The molecule has 26 heavy (non-hydrogen) atoms. The summed E-state index contributed by atoms with van der Waals surface area (Å²) >= 11 is 0. The van der Waals surface area contributed by atoms with Gasteiger partial charge in [-0.1, -0.05) is 32.9 Å². The zero-order valence-electron chi connectivity index (χ0n) is 17.2. The van der Waals surface area contributed by atoms with E-state index in [9.17, 15) is 8.42 Å². The van der Waals surface area contributed by atoms with Crippen LogP contribution in [0.5, 0.6) is 0 Å². The van der Waals surface area contributed by atoms with Crippen LogP contribution in [-0.2, 0) is 15.4 Å². The molecule has 1 aromatic carbocycles. The second-order valence-corrected chi connectivity index (χ2v) is 12.1. The highest BCUT2D eigenvalue weighted by Gasteiger charge is 2.32. The van der Waals surface area contributed by atoms with Crippen molar-refractivity contribution in [3.63, 3.8) is 0 Å². The minimum absolute atomic E-state index is 0.0848. The van der Waals surface area contributed by atoms with E-state index in [1.807, 2.05) is 0 Å². The number of rotatable bonds is 5. The Balaban J connectivity index is 1.79. The molecule has 148 valence electrons. The van der Waals surface area contributed by atoms with Gasteiger partial charge in [-0.15, -0.1) is 0 Å². The summed E-state index contributed by atoms with van der Waals surface area (Å²) in [6, 6.07) is 8.79. The van der Waals surface area contributed by atoms with Crippen LogP contribution in [-0.4, -0.2) is 25.8 Å². The van der Waals surface area contributed by atoms with E-state index in [2.05, 4.69) is 55.1 Å². The molecule has 1 aliphatic carbocycles. The monoisotopic (exact) mass is 380 g/mol. The fraction of sp³-hybridized carbons (Fsp3) is 0.714. The van der Waals surface area contributed by atoms with E-state index in [1.54, 1.807) is 20.8 Å². The average Bonchev–Trinajstić information content (AvgIpc) is 2.52. The van der Waals surface area contributed by atoms with Crippen molar-refractivity contribution in [1.29, 1.82) is 0 Å². The Morgan fingerprint density at radius 1 is 0.923 bits per heavy atom. The van der Waals surface area contributed by atoms with Crippen molar-refractivity contribution >= 4 is 15.7 Å². The molecule has 0 aliphatic heterocycles. The Morgan fingerprint density at radius 3 is 1.92 bits per heavy atom. The fourth-order valence-electron chi connectivity index (χ4n) is 3.23. The summed E-state index contributed by atoms with van der Waals surface area (Å²) in [5, 5.41) is 3.54. The molecule has 0 amide bonds. The Kier molecular flexibility index (Phi) is 6.44. The molecule has 0 radical (unpaired) electrons. The second kappa shape index (κ2) is 7.89. The van der Waals surface area contributed by atoms with E-state index in [-0.39, 0.29) is 11.5 Å². The third-order valence-corrected chi connectivity index (χ3v) is 7.58. The van der Waals surface area contributed by atoms with E-state index in [0.717, 1.165) is 37.9 Å². The van der Waals surface area contributed by atoms with E-state index in [1.165, 1.54) is 5.56 Å². The fourth-order valence-corrected chi connectivity index (χ4v) is 4.26. The van der Waals surface area contributed by atoms with E-state index in [4.69, 9.17) is 0 Å². The molecule has 2 N–H and O–H groups in total. The smallest absolute Gasteiger partial charge is 0.216 e. The van der Waals surface area contributed by atoms with Crippen LogP contribution in [0.3, 0.4) is 0 Å². The first-order valence-corrected chi connectivity index (χ1v) is 11.2. The van der Waals surface area contributed by atoms with Gasteiger partial charge in [0.2, 0.25) is 10.0 Å². The van der Waals surface area contributed by atoms with Crippen molar-refractivity contribution in [2.45, 2.75) is 83.4 Å². The molecule has 4 nitrogen and oxygen atoms in total. The SMILES string of the molecule is CC(C)(C)c1ccc(NCC2CCC(NS(=O)(=O)C(C)(C)C)CC2)cc1. The van der Waals surface area contributed by atoms with Gasteiger partial charge >= 0.3 is 0 Å². The zero-order valence-corrected chi connectivity index (χ0v) is 18.0. The molecule has 0 unspecified atom stereocenters. The molecular formula is C21H36N2O2S. The number of benzene rings is 1. The highest BCUT2D eigenvalue weighted by Crippen LogP contribution is 2.27. The second-order valence-electron chi connectivity index (χ2n) is 9.66. The first-order valence-electron chi connectivity index (χ1n) is 9.75. The summed E-state index contributed by atoms with van der Waals surface area (Å²) in [5.41, 5.74) is 2.68. The molecule has 2 rings (SSSR count).